The second-order valence-electron chi connectivity index (χ2n) is 5.21. The van der Waals surface area contributed by atoms with Crippen LogP contribution in [0.1, 0.15) is 40.0 Å². The Hall–Kier alpha value is -0.770. The van der Waals surface area contributed by atoms with Gasteiger partial charge in [-0.2, -0.15) is 0 Å². The Kier molecular flexibility index (Phi) is 3.60. The summed E-state index contributed by atoms with van der Waals surface area (Å²) in [6.07, 6.45) is 1.73. The summed E-state index contributed by atoms with van der Waals surface area (Å²) in [6.45, 7) is 5.55. The molecule has 1 N–H and O–H groups in total. The lowest BCUT2D eigenvalue weighted by Crippen LogP contribution is -2.39. The summed E-state index contributed by atoms with van der Waals surface area (Å²) in [5.74, 6) is 0. The van der Waals surface area contributed by atoms with Crippen LogP contribution in [0.3, 0.4) is 0 Å². The molecule has 15 heavy (non-hydrogen) atoms. The van der Waals surface area contributed by atoms with Crippen molar-refractivity contribution in [2.45, 2.75) is 57.8 Å². The van der Waals surface area contributed by atoms with Gasteiger partial charge in [0, 0.05) is 13.1 Å². The van der Waals surface area contributed by atoms with Crippen molar-refractivity contribution < 1.29 is 14.6 Å². The van der Waals surface area contributed by atoms with Crippen LogP contribution in [-0.4, -0.2) is 40.9 Å². The van der Waals surface area contributed by atoms with Crippen molar-refractivity contribution in [2.24, 2.45) is 0 Å². The molecule has 0 heterocycles. The van der Waals surface area contributed by atoms with Gasteiger partial charge in [-0.15, -0.1) is 0 Å². The molecule has 0 aromatic rings. The Morgan fingerprint density at radius 3 is 2.40 bits per heavy atom. The molecule has 1 aliphatic rings. The van der Waals surface area contributed by atoms with Crippen molar-refractivity contribution in [1.29, 1.82) is 0 Å². The third kappa shape index (κ3) is 3.70. The van der Waals surface area contributed by atoms with Crippen LogP contribution in [0.25, 0.3) is 0 Å². The smallest absolute Gasteiger partial charge is 0.410 e. The summed E-state index contributed by atoms with van der Waals surface area (Å²) in [5.41, 5.74) is -0.456. The van der Waals surface area contributed by atoms with Crippen LogP contribution in [0.2, 0.25) is 0 Å². The summed E-state index contributed by atoms with van der Waals surface area (Å²) in [7, 11) is 1.73. The zero-order chi connectivity index (χ0) is 11.6. The molecule has 0 saturated heterocycles. The third-order valence-electron chi connectivity index (χ3n) is 2.61. The number of carbonyl (C=O) groups is 1. The van der Waals surface area contributed by atoms with Gasteiger partial charge in [0.1, 0.15) is 5.60 Å². The minimum Gasteiger partial charge on any atom is -0.444 e. The Morgan fingerprint density at radius 2 is 2.00 bits per heavy atom. The highest BCUT2D eigenvalue weighted by atomic mass is 16.6. The molecule has 1 saturated carbocycles. The standard InChI is InChI=1S/C11H21NO3/c1-11(2,3)15-10(14)12(4)8-5-6-9(13)7-8/h8-9,13H,5-7H2,1-4H3. The lowest BCUT2D eigenvalue weighted by atomic mass is 10.2. The van der Waals surface area contributed by atoms with Gasteiger partial charge in [-0.3, -0.25) is 0 Å². The van der Waals surface area contributed by atoms with E-state index in [1.807, 2.05) is 20.8 Å². The monoisotopic (exact) mass is 215 g/mol. The van der Waals surface area contributed by atoms with E-state index in [4.69, 9.17) is 4.74 Å². The van der Waals surface area contributed by atoms with Gasteiger partial charge in [-0.05, 0) is 40.0 Å². The van der Waals surface area contributed by atoms with E-state index in [1.54, 1.807) is 11.9 Å². The van der Waals surface area contributed by atoms with Gasteiger partial charge in [-0.25, -0.2) is 4.79 Å². The summed E-state index contributed by atoms with van der Waals surface area (Å²) in [4.78, 5) is 13.3. The van der Waals surface area contributed by atoms with E-state index in [2.05, 4.69) is 0 Å². The number of rotatable bonds is 1. The molecule has 1 aliphatic carbocycles. The highest BCUT2D eigenvalue weighted by molar-refractivity contribution is 5.68. The summed E-state index contributed by atoms with van der Waals surface area (Å²) < 4.78 is 5.25. The minimum absolute atomic E-state index is 0.120. The molecule has 4 heteroatoms. The summed E-state index contributed by atoms with van der Waals surface area (Å²) >= 11 is 0. The van der Waals surface area contributed by atoms with E-state index in [1.165, 1.54) is 0 Å². The molecule has 0 spiro atoms. The first kappa shape index (κ1) is 12.3. The van der Waals surface area contributed by atoms with Gasteiger partial charge in [0.15, 0.2) is 0 Å². The van der Waals surface area contributed by atoms with Crippen LogP contribution in [0.5, 0.6) is 0 Å². The van der Waals surface area contributed by atoms with Crippen LogP contribution >= 0.6 is 0 Å². The number of hydrogen-bond acceptors (Lipinski definition) is 3. The highest BCUT2D eigenvalue weighted by Gasteiger charge is 2.30. The van der Waals surface area contributed by atoms with Crippen molar-refractivity contribution in [3.63, 3.8) is 0 Å². The molecule has 0 radical (unpaired) electrons. The molecule has 4 nitrogen and oxygen atoms in total. The van der Waals surface area contributed by atoms with Gasteiger partial charge in [-0.1, -0.05) is 0 Å². The van der Waals surface area contributed by atoms with E-state index in [9.17, 15) is 9.90 Å². The third-order valence-corrected chi connectivity index (χ3v) is 2.61. The zero-order valence-electron chi connectivity index (χ0n) is 9.99. The quantitative estimate of drug-likeness (QED) is 0.725. The Balaban J connectivity index is 2.46. The van der Waals surface area contributed by atoms with Gasteiger partial charge in [0.05, 0.1) is 6.10 Å². The van der Waals surface area contributed by atoms with Crippen molar-refractivity contribution >= 4 is 6.09 Å². The molecule has 1 rings (SSSR count). The molecule has 0 bridgehead atoms. The number of amides is 1. The number of hydrogen-bond donors (Lipinski definition) is 1. The fourth-order valence-corrected chi connectivity index (χ4v) is 1.77. The summed E-state index contributed by atoms with van der Waals surface area (Å²) in [5, 5.41) is 9.38. The number of nitrogens with zero attached hydrogens (tertiary/aromatic N) is 1. The molecule has 0 aliphatic heterocycles. The predicted octanol–water partition coefficient (Wildman–Crippen LogP) is 1.77. The topological polar surface area (TPSA) is 49.8 Å². The van der Waals surface area contributed by atoms with E-state index in [0.29, 0.717) is 6.42 Å². The van der Waals surface area contributed by atoms with E-state index >= 15 is 0 Å². The maximum Gasteiger partial charge on any atom is 0.410 e. The molecule has 2 unspecified atom stereocenters. The van der Waals surface area contributed by atoms with Crippen LogP contribution in [0.15, 0.2) is 0 Å². The van der Waals surface area contributed by atoms with Gasteiger partial charge < -0.3 is 14.7 Å². The van der Waals surface area contributed by atoms with Crippen LogP contribution in [-0.2, 0) is 4.74 Å². The first-order chi connectivity index (χ1) is 6.79. The van der Waals surface area contributed by atoms with E-state index < -0.39 is 5.60 Å². The normalized spacial score (nSPS) is 26.5. The number of ether oxygens (including phenoxy) is 1. The van der Waals surface area contributed by atoms with Crippen molar-refractivity contribution in [3.8, 4) is 0 Å². The van der Waals surface area contributed by atoms with Crippen molar-refractivity contribution in [3.05, 3.63) is 0 Å². The maximum atomic E-state index is 11.7. The molecular formula is C11H21NO3. The molecule has 1 fully saturated rings. The van der Waals surface area contributed by atoms with Crippen LogP contribution < -0.4 is 0 Å². The second kappa shape index (κ2) is 4.39. The SMILES string of the molecule is CN(C(=O)OC(C)(C)C)C1CCC(O)C1. The Bertz CT molecular complexity index is 234. The largest absolute Gasteiger partial charge is 0.444 e. The number of aliphatic hydroxyl groups is 1. The van der Waals surface area contributed by atoms with Crippen LogP contribution in [0.4, 0.5) is 4.79 Å². The lowest BCUT2D eigenvalue weighted by molar-refractivity contribution is 0.0217. The zero-order valence-corrected chi connectivity index (χ0v) is 9.99. The second-order valence-corrected chi connectivity index (χ2v) is 5.21. The molecule has 0 aromatic carbocycles. The van der Waals surface area contributed by atoms with E-state index in [0.717, 1.165) is 12.8 Å². The first-order valence-electron chi connectivity index (χ1n) is 5.43. The minimum atomic E-state index is -0.456. The first-order valence-corrected chi connectivity index (χ1v) is 5.43. The van der Waals surface area contributed by atoms with Crippen LogP contribution in [0, 0.1) is 0 Å². The van der Waals surface area contributed by atoms with Crippen molar-refractivity contribution in [2.75, 3.05) is 7.05 Å². The average molecular weight is 215 g/mol. The average Bonchev–Trinajstić information content (AvgIpc) is 2.47. The summed E-state index contributed by atoms with van der Waals surface area (Å²) in [6, 6.07) is 0.120. The fourth-order valence-electron chi connectivity index (χ4n) is 1.77. The predicted molar refractivity (Wildman–Crippen MR) is 57.6 cm³/mol. The lowest BCUT2D eigenvalue weighted by Gasteiger charge is -2.28. The fraction of sp³-hybridized carbons (Fsp3) is 0.909. The number of carbonyl (C=O) groups excluding carboxylic acids is 1. The van der Waals surface area contributed by atoms with Gasteiger partial charge in [0.2, 0.25) is 0 Å². The van der Waals surface area contributed by atoms with Gasteiger partial charge in [0.25, 0.3) is 0 Å². The molecule has 0 aromatic heterocycles. The molecular weight excluding hydrogens is 194 g/mol. The number of aliphatic hydroxyl groups excluding tert-OH is 1. The molecule has 2 atom stereocenters. The maximum absolute atomic E-state index is 11.7. The Labute approximate surface area is 91.2 Å². The van der Waals surface area contributed by atoms with Gasteiger partial charge >= 0.3 is 6.09 Å². The molecule has 88 valence electrons. The van der Waals surface area contributed by atoms with E-state index in [-0.39, 0.29) is 18.2 Å². The van der Waals surface area contributed by atoms with Crippen molar-refractivity contribution in [1.82, 2.24) is 4.90 Å². The highest BCUT2D eigenvalue weighted by Crippen LogP contribution is 2.24. The molecule has 1 amide bonds. The Morgan fingerprint density at radius 1 is 1.40 bits per heavy atom.